The molecule has 0 aliphatic rings. The zero-order valence-electron chi connectivity index (χ0n) is 8.90. The summed E-state index contributed by atoms with van der Waals surface area (Å²) in [5.74, 6) is 0.707. The van der Waals surface area contributed by atoms with E-state index in [2.05, 4.69) is 30.2 Å². The highest BCUT2D eigenvalue weighted by Gasteiger charge is 1.89. The Morgan fingerprint density at radius 1 is 1.43 bits per heavy atom. The first-order chi connectivity index (χ1) is 6.79. The third-order valence-electron chi connectivity index (χ3n) is 1.79. The van der Waals surface area contributed by atoms with Crippen LogP contribution in [0.1, 0.15) is 19.5 Å². The minimum atomic E-state index is 0.707. The van der Waals surface area contributed by atoms with E-state index in [0.29, 0.717) is 5.92 Å². The van der Waals surface area contributed by atoms with Crippen LogP contribution in [0, 0.1) is 5.92 Å². The van der Waals surface area contributed by atoms with Gasteiger partial charge in [0.1, 0.15) is 0 Å². The van der Waals surface area contributed by atoms with Crippen molar-refractivity contribution >= 4 is 6.08 Å². The van der Waals surface area contributed by atoms with E-state index in [-0.39, 0.29) is 0 Å². The number of aromatic nitrogens is 1. The van der Waals surface area contributed by atoms with E-state index in [4.69, 9.17) is 0 Å². The average Bonchev–Trinajstić information content (AvgIpc) is 2.18. The molecule has 76 valence electrons. The van der Waals surface area contributed by atoms with Gasteiger partial charge in [-0.25, -0.2) is 0 Å². The molecule has 0 radical (unpaired) electrons. The second-order valence-corrected chi connectivity index (χ2v) is 3.71. The summed E-state index contributed by atoms with van der Waals surface area (Å²) in [6.07, 6.45) is 5.94. The van der Waals surface area contributed by atoms with Gasteiger partial charge in [0.05, 0.1) is 5.69 Å². The fourth-order valence-electron chi connectivity index (χ4n) is 1.11. The summed E-state index contributed by atoms with van der Waals surface area (Å²) in [6, 6.07) is 5.92. The van der Waals surface area contributed by atoms with Crippen molar-refractivity contribution in [1.82, 2.24) is 10.3 Å². The molecule has 2 heteroatoms. The van der Waals surface area contributed by atoms with Crippen molar-refractivity contribution in [1.29, 1.82) is 0 Å². The van der Waals surface area contributed by atoms with Crippen LogP contribution in [0.2, 0.25) is 0 Å². The second kappa shape index (κ2) is 6.33. The van der Waals surface area contributed by atoms with Crippen molar-refractivity contribution in [3.8, 4) is 0 Å². The third-order valence-corrected chi connectivity index (χ3v) is 1.79. The number of pyridine rings is 1. The Balaban J connectivity index is 2.21. The molecule has 1 aromatic rings. The molecule has 0 unspecified atom stereocenters. The topological polar surface area (TPSA) is 24.9 Å². The quantitative estimate of drug-likeness (QED) is 0.721. The second-order valence-electron chi connectivity index (χ2n) is 3.71. The van der Waals surface area contributed by atoms with Gasteiger partial charge in [-0.3, -0.25) is 4.98 Å². The highest BCUT2D eigenvalue weighted by Crippen LogP contribution is 1.95. The molecule has 14 heavy (non-hydrogen) atoms. The van der Waals surface area contributed by atoms with Crippen molar-refractivity contribution in [3.05, 3.63) is 36.2 Å². The van der Waals surface area contributed by atoms with Gasteiger partial charge in [0, 0.05) is 12.7 Å². The fraction of sp³-hybridized carbons (Fsp3) is 0.417. The maximum atomic E-state index is 4.20. The van der Waals surface area contributed by atoms with E-state index < -0.39 is 0 Å². The third kappa shape index (κ3) is 4.77. The molecule has 0 atom stereocenters. The van der Waals surface area contributed by atoms with Crippen LogP contribution >= 0.6 is 0 Å². The summed E-state index contributed by atoms with van der Waals surface area (Å²) in [5, 5.41) is 3.34. The maximum Gasteiger partial charge on any atom is 0.0626 e. The van der Waals surface area contributed by atoms with E-state index in [1.54, 1.807) is 6.20 Å². The average molecular weight is 190 g/mol. The number of nitrogens with zero attached hydrogens (tertiary/aromatic N) is 1. The zero-order valence-corrected chi connectivity index (χ0v) is 8.90. The van der Waals surface area contributed by atoms with Crippen LogP contribution in [0.15, 0.2) is 30.5 Å². The van der Waals surface area contributed by atoms with Crippen molar-refractivity contribution in [2.24, 2.45) is 5.92 Å². The molecule has 0 aliphatic carbocycles. The minimum absolute atomic E-state index is 0.707. The van der Waals surface area contributed by atoms with Gasteiger partial charge in [0.2, 0.25) is 0 Å². The molecule has 0 aliphatic heterocycles. The Bertz CT molecular complexity index is 265. The zero-order chi connectivity index (χ0) is 10.2. The number of rotatable bonds is 5. The molecule has 0 aromatic carbocycles. The van der Waals surface area contributed by atoms with Crippen molar-refractivity contribution in [3.63, 3.8) is 0 Å². The van der Waals surface area contributed by atoms with Crippen molar-refractivity contribution in [2.75, 3.05) is 13.1 Å². The molecular formula is C12H18N2. The number of hydrogen-bond donors (Lipinski definition) is 1. The minimum Gasteiger partial charge on any atom is -0.313 e. The summed E-state index contributed by atoms with van der Waals surface area (Å²) >= 11 is 0. The summed E-state index contributed by atoms with van der Waals surface area (Å²) < 4.78 is 0. The van der Waals surface area contributed by atoms with Crippen LogP contribution in [-0.2, 0) is 0 Å². The Morgan fingerprint density at radius 3 is 2.93 bits per heavy atom. The molecule has 0 amide bonds. The van der Waals surface area contributed by atoms with E-state index in [1.807, 2.05) is 24.3 Å². The first-order valence-electron chi connectivity index (χ1n) is 5.07. The molecule has 1 N–H and O–H groups in total. The molecule has 0 fully saturated rings. The molecular weight excluding hydrogens is 172 g/mol. The van der Waals surface area contributed by atoms with Crippen LogP contribution in [0.25, 0.3) is 6.08 Å². The Morgan fingerprint density at radius 2 is 2.29 bits per heavy atom. The molecule has 2 nitrogen and oxygen atoms in total. The van der Waals surface area contributed by atoms with Crippen molar-refractivity contribution < 1.29 is 0 Å². The maximum absolute atomic E-state index is 4.20. The molecule has 1 aromatic heterocycles. The van der Waals surface area contributed by atoms with Crippen LogP contribution < -0.4 is 5.32 Å². The summed E-state index contributed by atoms with van der Waals surface area (Å²) in [7, 11) is 0. The van der Waals surface area contributed by atoms with Crippen LogP contribution in [0.3, 0.4) is 0 Å². The van der Waals surface area contributed by atoms with Gasteiger partial charge < -0.3 is 5.32 Å². The first kappa shape index (κ1) is 10.9. The fourth-order valence-corrected chi connectivity index (χ4v) is 1.11. The summed E-state index contributed by atoms with van der Waals surface area (Å²) in [5.41, 5.74) is 1.01. The summed E-state index contributed by atoms with van der Waals surface area (Å²) in [4.78, 5) is 4.20. The number of nitrogens with one attached hydrogen (secondary N) is 1. The normalized spacial score (nSPS) is 11.4. The van der Waals surface area contributed by atoms with Gasteiger partial charge in [-0.1, -0.05) is 26.0 Å². The standard InChI is InChI=1S/C12H18N2/c1-11(2)10-13-8-5-7-12-6-3-4-9-14-12/h3-7,9,11,13H,8,10H2,1-2H3. The molecule has 0 bridgehead atoms. The van der Waals surface area contributed by atoms with E-state index in [1.165, 1.54) is 0 Å². The predicted octanol–water partition coefficient (Wildman–Crippen LogP) is 2.34. The highest BCUT2D eigenvalue weighted by atomic mass is 14.8. The SMILES string of the molecule is CC(C)CNCC=Cc1ccccn1. The largest absolute Gasteiger partial charge is 0.313 e. The predicted molar refractivity (Wildman–Crippen MR) is 61.0 cm³/mol. The Hall–Kier alpha value is -1.15. The van der Waals surface area contributed by atoms with Gasteiger partial charge >= 0.3 is 0 Å². The Labute approximate surface area is 86.1 Å². The molecule has 1 rings (SSSR count). The molecule has 0 spiro atoms. The molecule has 0 saturated heterocycles. The lowest BCUT2D eigenvalue weighted by Crippen LogP contribution is -2.19. The van der Waals surface area contributed by atoms with E-state index in [9.17, 15) is 0 Å². The highest BCUT2D eigenvalue weighted by molar-refractivity contribution is 5.43. The lowest BCUT2D eigenvalue weighted by atomic mass is 10.2. The number of hydrogen-bond acceptors (Lipinski definition) is 2. The molecule has 1 heterocycles. The van der Waals surface area contributed by atoms with Crippen LogP contribution in [0.4, 0.5) is 0 Å². The van der Waals surface area contributed by atoms with Crippen molar-refractivity contribution in [2.45, 2.75) is 13.8 Å². The monoisotopic (exact) mass is 190 g/mol. The van der Waals surface area contributed by atoms with Gasteiger partial charge in [-0.15, -0.1) is 0 Å². The smallest absolute Gasteiger partial charge is 0.0626 e. The lowest BCUT2D eigenvalue weighted by Gasteiger charge is -2.03. The van der Waals surface area contributed by atoms with Gasteiger partial charge in [0.15, 0.2) is 0 Å². The van der Waals surface area contributed by atoms with Crippen LogP contribution in [-0.4, -0.2) is 18.1 Å². The van der Waals surface area contributed by atoms with E-state index >= 15 is 0 Å². The van der Waals surface area contributed by atoms with Crippen LogP contribution in [0.5, 0.6) is 0 Å². The summed E-state index contributed by atoms with van der Waals surface area (Å²) in [6.45, 7) is 6.38. The van der Waals surface area contributed by atoms with E-state index in [0.717, 1.165) is 18.8 Å². The Kier molecular flexibility index (Phi) is 4.94. The molecule has 0 saturated carbocycles. The lowest BCUT2D eigenvalue weighted by molar-refractivity contribution is 0.577. The first-order valence-corrected chi connectivity index (χ1v) is 5.07. The van der Waals surface area contributed by atoms with Gasteiger partial charge in [0.25, 0.3) is 0 Å². The van der Waals surface area contributed by atoms with Gasteiger partial charge in [-0.05, 0) is 30.7 Å². The van der Waals surface area contributed by atoms with Gasteiger partial charge in [-0.2, -0.15) is 0 Å².